The number of anilines is 1. The van der Waals surface area contributed by atoms with Crippen molar-refractivity contribution in [1.29, 1.82) is 0 Å². The number of aliphatic hydroxyl groups excluding tert-OH is 1. The first-order valence-electron chi connectivity index (χ1n) is 6.90. The Bertz CT molecular complexity index is 544. The van der Waals surface area contributed by atoms with Gasteiger partial charge < -0.3 is 20.5 Å². The van der Waals surface area contributed by atoms with Crippen LogP contribution in [0, 0.1) is 0 Å². The number of ether oxygens (including phenoxy) is 1. The number of carbonyl (C=O) groups excluding carboxylic acids is 2. The minimum absolute atomic E-state index is 0.0347. The molecule has 0 saturated heterocycles. The quantitative estimate of drug-likeness (QED) is 0.674. The van der Waals surface area contributed by atoms with E-state index in [0.29, 0.717) is 12.8 Å². The van der Waals surface area contributed by atoms with Crippen molar-refractivity contribution >= 4 is 17.6 Å². The normalized spacial score (nSPS) is 16.0. The van der Waals surface area contributed by atoms with Gasteiger partial charge in [-0.05, 0) is 30.7 Å². The highest BCUT2D eigenvalue weighted by Gasteiger charge is 2.23. The molecular formula is C15H20N2O4. The van der Waals surface area contributed by atoms with E-state index in [1.54, 1.807) is 19.2 Å². The standard InChI is InChI=1S/C15H20N2O4/c1-16-12(5-6-14(19)21-2)15(20)9-3-4-11-10(7-9)8-13(18)17-11/h3-4,7,12,15-16,20H,5-6,8H2,1-2H3,(H,17,18). The van der Waals surface area contributed by atoms with E-state index in [-0.39, 0.29) is 24.3 Å². The second kappa shape index (κ2) is 6.69. The maximum absolute atomic E-state index is 11.3. The Labute approximate surface area is 123 Å². The van der Waals surface area contributed by atoms with Gasteiger partial charge in [0, 0.05) is 18.2 Å². The summed E-state index contributed by atoms with van der Waals surface area (Å²) in [6, 6.07) is 5.16. The highest BCUT2D eigenvalue weighted by Crippen LogP contribution is 2.28. The zero-order chi connectivity index (χ0) is 15.4. The Morgan fingerprint density at radius 1 is 1.52 bits per heavy atom. The summed E-state index contributed by atoms with van der Waals surface area (Å²) in [5.74, 6) is -0.335. The SMILES string of the molecule is CNC(CCC(=O)OC)C(O)c1ccc2c(c1)CC(=O)N2. The maximum Gasteiger partial charge on any atom is 0.305 e. The van der Waals surface area contributed by atoms with Gasteiger partial charge in [0.25, 0.3) is 0 Å². The largest absolute Gasteiger partial charge is 0.469 e. The molecule has 6 nitrogen and oxygen atoms in total. The zero-order valence-electron chi connectivity index (χ0n) is 12.2. The van der Waals surface area contributed by atoms with Gasteiger partial charge in [0.05, 0.1) is 19.6 Å². The molecule has 2 atom stereocenters. The minimum Gasteiger partial charge on any atom is -0.469 e. The maximum atomic E-state index is 11.3. The van der Waals surface area contributed by atoms with Crippen LogP contribution in [0.1, 0.15) is 30.1 Å². The van der Waals surface area contributed by atoms with Gasteiger partial charge in [0.15, 0.2) is 0 Å². The summed E-state index contributed by atoms with van der Waals surface area (Å²) in [6.45, 7) is 0. The number of hydrogen-bond acceptors (Lipinski definition) is 5. The Balaban J connectivity index is 2.07. The molecule has 0 fully saturated rings. The van der Waals surface area contributed by atoms with Crippen LogP contribution in [-0.2, 0) is 20.7 Å². The number of methoxy groups -OCH3 is 1. The van der Waals surface area contributed by atoms with Crippen LogP contribution < -0.4 is 10.6 Å². The molecule has 0 radical (unpaired) electrons. The molecule has 1 aliphatic rings. The van der Waals surface area contributed by atoms with Crippen molar-refractivity contribution in [3.8, 4) is 0 Å². The van der Waals surface area contributed by atoms with Gasteiger partial charge in [-0.2, -0.15) is 0 Å². The van der Waals surface area contributed by atoms with E-state index in [2.05, 4.69) is 15.4 Å². The summed E-state index contributed by atoms with van der Waals surface area (Å²) in [4.78, 5) is 22.5. The fourth-order valence-electron chi connectivity index (χ4n) is 2.50. The lowest BCUT2D eigenvalue weighted by molar-refractivity contribution is -0.141. The third kappa shape index (κ3) is 3.59. The lowest BCUT2D eigenvalue weighted by Gasteiger charge is -2.23. The van der Waals surface area contributed by atoms with E-state index in [1.807, 2.05) is 6.07 Å². The van der Waals surface area contributed by atoms with E-state index in [1.165, 1.54) is 7.11 Å². The molecule has 0 aliphatic carbocycles. The number of likely N-dealkylation sites (N-methyl/N-ethyl adjacent to an activating group) is 1. The molecule has 0 saturated carbocycles. The lowest BCUT2D eigenvalue weighted by atomic mass is 9.96. The molecule has 0 spiro atoms. The van der Waals surface area contributed by atoms with Crippen LogP contribution in [0.4, 0.5) is 5.69 Å². The molecule has 1 aliphatic heterocycles. The number of carbonyl (C=O) groups is 2. The number of amides is 1. The van der Waals surface area contributed by atoms with Crippen molar-refractivity contribution in [2.45, 2.75) is 31.4 Å². The minimum atomic E-state index is -0.749. The van der Waals surface area contributed by atoms with Crippen molar-refractivity contribution in [1.82, 2.24) is 5.32 Å². The molecule has 6 heteroatoms. The average molecular weight is 292 g/mol. The predicted octanol–water partition coefficient (Wildman–Crippen LogP) is 0.756. The number of esters is 1. The Morgan fingerprint density at radius 2 is 2.29 bits per heavy atom. The highest BCUT2D eigenvalue weighted by atomic mass is 16.5. The summed E-state index contributed by atoms with van der Waals surface area (Å²) < 4.78 is 4.61. The predicted molar refractivity (Wildman–Crippen MR) is 77.8 cm³/mol. The molecule has 1 heterocycles. The topological polar surface area (TPSA) is 87.7 Å². The smallest absolute Gasteiger partial charge is 0.305 e. The molecule has 2 unspecified atom stereocenters. The van der Waals surface area contributed by atoms with Crippen molar-refractivity contribution < 1.29 is 19.4 Å². The number of rotatable bonds is 6. The first-order valence-corrected chi connectivity index (χ1v) is 6.90. The van der Waals surface area contributed by atoms with Gasteiger partial charge in [-0.1, -0.05) is 12.1 Å². The van der Waals surface area contributed by atoms with Crippen molar-refractivity contribution in [3.05, 3.63) is 29.3 Å². The number of nitrogens with one attached hydrogen (secondary N) is 2. The molecule has 0 aromatic heterocycles. The third-order valence-electron chi connectivity index (χ3n) is 3.73. The molecule has 1 amide bonds. The van der Waals surface area contributed by atoms with Gasteiger partial charge in [0.2, 0.25) is 5.91 Å². The van der Waals surface area contributed by atoms with Gasteiger partial charge in [-0.3, -0.25) is 9.59 Å². The summed E-state index contributed by atoms with van der Waals surface area (Å²) in [6.07, 6.45) is 0.297. The summed E-state index contributed by atoms with van der Waals surface area (Å²) in [7, 11) is 3.08. The number of hydrogen-bond donors (Lipinski definition) is 3. The fraction of sp³-hybridized carbons (Fsp3) is 0.467. The van der Waals surface area contributed by atoms with E-state index in [4.69, 9.17) is 0 Å². The van der Waals surface area contributed by atoms with Crippen LogP contribution in [0.3, 0.4) is 0 Å². The van der Waals surface area contributed by atoms with Crippen LogP contribution in [-0.4, -0.2) is 37.2 Å². The van der Waals surface area contributed by atoms with Crippen LogP contribution in [0.25, 0.3) is 0 Å². The Hall–Kier alpha value is -1.92. The first-order chi connectivity index (χ1) is 10.0. The Morgan fingerprint density at radius 3 is 2.95 bits per heavy atom. The molecule has 114 valence electrons. The monoisotopic (exact) mass is 292 g/mol. The second-order valence-corrected chi connectivity index (χ2v) is 5.10. The second-order valence-electron chi connectivity index (χ2n) is 5.10. The van der Waals surface area contributed by atoms with Gasteiger partial charge >= 0.3 is 5.97 Å². The molecule has 1 aromatic rings. The number of aliphatic hydroxyl groups is 1. The van der Waals surface area contributed by atoms with E-state index in [0.717, 1.165) is 16.8 Å². The van der Waals surface area contributed by atoms with Gasteiger partial charge in [0.1, 0.15) is 0 Å². The third-order valence-corrected chi connectivity index (χ3v) is 3.73. The summed E-state index contributed by atoms with van der Waals surface area (Å²) in [5, 5.41) is 16.2. The van der Waals surface area contributed by atoms with Gasteiger partial charge in [-0.15, -0.1) is 0 Å². The zero-order valence-corrected chi connectivity index (χ0v) is 12.2. The molecule has 3 N–H and O–H groups in total. The number of benzene rings is 1. The van der Waals surface area contributed by atoms with Crippen LogP contribution in [0.5, 0.6) is 0 Å². The van der Waals surface area contributed by atoms with Crippen molar-refractivity contribution in [2.75, 3.05) is 19.5 Å². The average Bonchev–Trinajstić information content (AvgIpc) is 2.86. The highest BCUT2D eigenvalue weighted by molar-refractivity contribution is 5.99. The molecule has 0 bridgehead atoms. The van der Waals surface area contributed by atoms with E-state index in [9.17, 15) is 14.7 Å². The molecule has 2 rings (SSSR count). The lowest BCUT2D eigenvalue weighted by Crippen LogP contribution is -2.32. The molecule has 1 aromatic carbocycles. The van der Waals surface area contributed by atoms with Crippen molar-refractivity contribution in [2.24, 2.45) is 0 Å². The summed E-state index contributed by atoms with van der Waals surface area (Å²) in [5.41, 5.74) is 2.42. The van der Waals surface area contributed by atoms with Crippen molar-refractivity contribution in [3.63, 3.8) is 0 Å². The molecule has 21 heavy (non-hydrogen) atoms. The fourth-order valence-corrected chi connectivity index (χ4v) is 2.50. The van der Waals surface area contributed by atoms with Crippen LogP contribution >= 0.6 is 0 Å². The van der Waals surface area contributed by atoms with E-state index < -0.39 is 6.10 Å². The van der Waals surface area contributed by atoms with E-state index >= 15 is 0 Å². The number of fused-ring (bicyclic) bond motifs is 1. The van der Waals surface area contributed by atoms with Gasteiger partial charge in [-0.25, -0.2) is 0 Å². The summed E-state index contributed by atoms with van der Waals surface area (Å²) >= 11 is 0. The Kier molecular flexibility index (Phi) is 4.93. The van der Waals surface area contributed by atoms with Crippen LogP contribution in [0.2, 0.25) is 0 Å². The molecular weight excluding hydrogens is 272 g/mol. The van der Waals surface area contributed by atoms with Crippen LogP contribution in [0.15, 0.2) is 18.2 Å². The first kappa shape index (κ1) is 15.5.